The molecular weight excluding hydrogens is 230 g/mol. The molecule has 0 amide bonds. The third-order valence-corrected chi connectivity index (χ3v) is 3.34. The summed E-state index contributed by atoms with van der Waals surface area (Å²) in [5.74, 6) is -0.427. The van der Waals surface area contributed by atoms with E-state index in [0.717, 1.165) is 0 Å². The van der Waals surface area contributed by atoms with Crippen molar-refractivity contribution in [1.82, 2.24) is 0 Å². The van der Waals surface area contributed by atoms with Crippen molar-refractivity contribution in [2.75, 3.05) is 0 Å². The fraction of sp³-hybridized carbons (Fsp3) is 0.429. The molecule has 0 bridgehead atoms. The molecule has 98 valence electrons. The smallest absolute Gasteiger partial charge is 0.399 e. The van der Waals surface area contributed by atoms with E-state index in [4.69, 9.17) is 9.31 Å². The Morgan fingerprint density at radius 2 is 1.44 bits per heavy atom. The van der Waals surface area contributed by atoms with Gasteiger partial charge in [-0.15, -0.1) is 0 Å². The molecule has 18 heavy (non-hydrogen) atoms. The van der Waals surface area contributed by atoms with E-state index < -0.39 is 24.1 Å². The van der Waals surface area contributed by atoms with Gasteiger partial charge in [0.25, 0.3) is 0 Å². The zero-order chi connectivity index (χ0) is 14.0. The van der Waals surface area contributed by atoms with Crippen LogP contribution in [0.1, 0.15) is 27.7 Å². The lowest BCUT2D eigenvalue weighted by molar-refractivity contribution is 0.00578. The van der Waals surface area contributed by atoms with Crippen LogP contribution in [-0.2, 0) is 9.31 Å². The van der Waals surface area contributed by atoms with E-state index in [1.807, 2.05) is 27.7 Å². The predicted octanol–water partition coefficient (Wildman–Crippen LogP) is 3.77. The maximum atomic E-state index is 13.9. The molecule has 0 spiro atoms. The zero-order valence-electron chi connectivity index (χ0n) is 11.5. The van der Waals surface area contributed by atoms with Gasteiger partial charge in [-0.3, -0.25) is 0 Å². The van der Waals surface area contributed by atoms with Crippen molar-refractivity contribution in [2.24, 2.45) is 0 Å². The Labute approximate surface area is 109 Å². The van der Waals surface area contributed by atoms with Crippen molar-refractivity contribution < 1.29 is 13.7 Å². The lowest BCUT2D eigenvalue weighted by atomic mass is 9.77. The van der Waals surface area contributed by atoms with Gasteiger partial charge in [0.05, 0.1) is 11.2 Å². The first-order chi connectivity index (χ1) is 8.25. The molecule has 0 radical (unpaired) electrons. The highest BCUT2D eigenvalue weighted by molar-refractivity contribution is 6.56. The fourth-order valence-electron chi connectivity index (χ4n) is 1.57. The van der Waals surface area contributed by atoms with E-state index in [9.17, 15) is 4.39 Å². The summed E-state index contributed by atoms with van der Waals surface area (Å²) in [5.41, 5.74) is -0.665. The molecule has 0 unspecified atom stereocenters. The van der Waals surface area contributed by atoms with Crippen LogP contribution in [0.25, 0.3) is 0 Å². The van der Waals surface area contributed by atoms with Gasteiger partial charge in [0.15, 0.2) is 0 Å². The molecule has 1 rings (SSSR count). The van der Waals surface area contributed by atoms with E-state index >= 15 is 0 Å². The molecule has 0 saturated carbocycles. The molecule has 1 aliphatic rings. The van der Waals surface area contributed by atoms with Crippen molar-refractivity contribution >= 4 is 7.12 Å². The summed E-state index contributed by atoms with van der Waals surface area (Å²) in [4.78, 5) is 0. The topological polar surface area (TPSA) is 18.5 Å². The fourth-order valence-corrected chi connectivity index (χ4v) is 1.57. The third kappa shape index (κ3) is 2.82. The van der Waals surface area contributed by atoms with Crippen LogP contribution in [-0.4, -0.2) is 18.3 Å². The Morgan fingerprint density at radius 1 is 1.00 bits per heavy atom. The van der Waals surface area contributed by atoms with E-state index in [-0.39, 0.29) is 0 Å². The molecule has 0 atom stereocenters. The summed E-state index contributed by atoms with van der Waals surface area (Å²) in [6.45, 7) is 14.8. The van der Waals surface area contributed by atoms with Crippen LogP contribution in [0.5, 0.6) is 0 Å². The molecule has 0 aromatic heterocycles. The average molecular weight is 250 g/mol. The highest BCUT2D eigenvalue weighted by Gasteiger charge is 2.52. The van der Waals surface area contributed by atoms with Crippen molar-refractivity contribution in [3.63, 3.8) is 0 Å². The molecule has 1 saturated heterocycles. The largest absolute Gasteiger partial charge is 0.497 e. The van der Waals surface area contributed by atoms with Crippen LogP contribution in [0.3, 0.4) is 0 Å². The standard InChI is InChI=1S/C14H20BFO2/c1-7-9-11(12(16)10-8-2)15-17-13(3,4)14(5,6)18-15/h7-10H,1-2H2,3-6H3/b11-9+,12-10+. The first kappa shape index (κ1) is 14.9. The number of hydrogen-bond acceptors (Lipinski definition) is 2. The summed E-state index contributed by atoms with van der Waals surface area (Å²) in [7, 11) is -0.732. The Hall–Kier alpha value is -1.13. The molecular formula is C14H20BFO2. The molecule has 0 N–H and O–H groups in total. The first-order valence-corrected chi connectivity index (χ1v) is 5.92. The van der Waals surface area contributed by atoms with Crippen LogP contribution < -0.4 is 0 Å². The average Bonchev–Trinajstić information content (AvgIpc) is 2.44. The quantitative estimate of drug-likeness (QED) is 0.558. The lowest BCUT2D eigenvalue weighted by Crippen LogP contribution is -2.41. The van der Waals surface area contributed by atoms with E-state index in [1.54, 1.807) is 6.08 Å². The Kier molecular flexibility index (Phi) is 4.35. The van der Waals surface area contributed by atoms with Crippen LogP contribution >= 0.6 is 0 Å². The van der Waals surface area contributed by atoms with Crippen LogP contribution in [0.4, 0.5) is 4.39 Å². The molecule has 1 fully saturated rings. The predicted molar refractivity (Wildman–Crippen MR) is 73.8 cm³/mol. The van der Waals surface area contributed by atoms with Crippen molar-refractivity contribution in [1.29, 1.82) is 0 Å². The van der Waals surface area contributed by atoms with Gasteiger partial charge in [-0.1, -0.05) is 31.4 Å². The minimum absolute atomic E-state index is 0.323. The molecule has 0 aromatic rings. The molecule has 4 heteroatoms. The highest BCUT2D eigenvalue weighted by atomic mass is 19.1. The van der Waals surface area contributed by atoms with Gasteiger partial charge in [-0.25, -0.2) is 4.39 Å². The van der Waals surface area contributed by atoms with Gasteiger partial charge in [-0.05, 0) is 33.8 Å². The summed E-state index contributed by atoms with van der Waals surface area (Å²) < 4.78 is 25.5. The zero-order valence-corrected chi connectivity index (χ0v) is 11.5. The van der Waals surface area contributed by atoms with E-state index in [0.29, 0.717) is 5.47 Å². The van der Waals surface area contributed by atoms with Gasteiger partial charge in [0.1, 0.15) is 5.83 Å². The molecule has 1 heterocycles. The second-order valence-electron chi connectivity index (χ2n) is 5.20. The maximum Gasteiger partial charge on any atom is 0.497 e. The summed E-state index contributed by atoms with van der Waals surface area (Å²) in [6, 6.07) is 0. The number of allylic oxidation sites excluding steroid dienone is 6. The van der Waals surface area contributed by atoms with Crippen molar-refractivity contribution in [3.8, 4) is 0 Å². The van der Waals surface area contributed by atoms with E-state index in [2.05, 4.69) is 13.2 Å². The number of rotatable bonds is 4. The molecule has 2 nitrogen and oxygen atoms in total. The van der Waals surface area contributed by atoms with Gasteiger partial charge in [0, 0.05) is 5.47 Å². The molecule has 1 aliphatic heterocycles. The van der Waals surface area contributed by atoms with Gasteiger partial charge in [0.2, 0.25) is 0 Å². The Morgan fingerprint density at radius 3 is 1.83 bits per heavy atom. The highest BCUT2D eigenvalue weighted by Crippen LogP contribution is 2.39. The second kappa shape index (κ2) is 5.25. The number of halogens is 1. The first-order valence-electron chi connectivity index (χ1n) is 5.92. The summed E-state index contributed by atoms with van der Waals surface area (Å²) >= 11 is 0. The van der Waals surface area contributed by atoms with Crippen LogP contribution in [0.15, 0.2) is 48.8 Å². The lowest BCUT2D eigenvalue weighted by Gasteiger charge is -2.32. The molecule has 0 aliphatic carbocycles. The van der Waals surface area contributed by atoms with Gasteiger partial charge in [-0.2, -0.15) is 0 Å². The molecule has 0 aromatic carbocycles. The minimum Gasteiger partial charge on any atom is -0.399 e. The second-order valence-corrected chi connectivity index (χ2v) is 5.20. The van der Waals surface area contributed by atoms with Gasteiger partial charge >= 0.3 is 7.12 Å². The van der Waals surface area contributed by atoms with Gasteiger partial charge < -0.3 is 9.31 Å². The Bertz CT molecular complexity index is 392. The van der Waals surface area contributed by atoms with Crippen molar-refractivity contribution in [3.05, 3.63) is 48.8 Å². The maximum absolute atomic E-state index is 13.9. The third-order valence-electron chi connectivity index (χ3n) is 3.34. The summed E-state index contributed by atoms with van der Waals surface area (Å²) in [5, 5.41) is 0. The van der Waals surface area contributed by atoms with Crippen LogP contribution in [0.2, 0.25) is 0 Å². The van der Waals surface area contributed by atoms with Crippen LogP contribution in [0, 0.1) is 0 Å². The normalized spacial score (nSPS) is 23.1. The van der Waals surface area contributed by atoms with Crippen molar-refractivity contribution in [2.45, 2.75) is 38.9 Å². The Balaban J connectivity index is 3.06. The number of hydrogen-bond donors (Lipinski definition) is 0. The SMILES string of the molecule is C=C/C=C(B1OC(C)(C)C(C)(C)O1)\C(F)=C/C=C. The summed E-state index contributed by atoms with van der Waals surface area (Å²) in [6.07, 6.45) is 5.73. The van der Waals surface area contributed by atoms with E-state index in [1.165, 1.54) is 18.2 Å². The minimum atomic E-state index is -0.732. The monoisotopic (exact) mass is 250 g/mol.